The van der Waals surface area contributed by atoms with Gasteiger partial charge in [0.05, 0.1) is 18.9 Å². The second kappa shape index (κ2) is 11.6. The maximum absolute atomic E-state index is 12.3. The number of rotatable bonds is 8. The van der Waals surface area contributed by atoms with Crippen molar-refractivity contribution in [2.24, 2.45) is 5.92 Å². The summed E-state index contributed by atoms with van der Waals surface area (Å²) in [5.74, 6) is 2.02. The molecule has 25 heavy (non-hydrogen) atoms. The number of ether oxygens (including phenoxy) is 2. The van der Waals surface area contributed by atoms with E-state index in [4.69, 9.17) is 9.47 Å². The molecule has 1 amide bonds. The van der Waals surface area contributed by atoms with Gasteiger partial charge in [-0.2, -0.15) is 0 Å². The molecule has 0 aliphatic carbocycles. The SMILES string of the molecule is CCOc1cc(Br)c(NC(=O)CCC2CCNCC2)cc1OCC.Cl. The van der Waals surface area contributed by atoms with Crippen LogP contribution in [0.5, 0.6) is 11.5 Å². The molecule has 1 aromatic carbocycles. The van der Waals surface area contributed by atoms with E-state index >= 15 is 0 Å². The lowest BCUT2D eigenvalue weighted by molar-refractivity contribution is -0.116. The molecule has 1 heterocycles. The molecule has 0 spiro atoms. The van der Waals surface area contributed by atoms with Crippen LogP contribution in [0.15, 0.2) is 16.6 Å². The van der Waals surface area contributed by atoms with Crippen molar-refractivity contribution in [2.75, 3.05) is 31.6 Å². The molecular formula is C18H28BrClN2O3. The van der Waals surface area contributed by atoms with Crippen molar-refractivity contribution in [2.45, 2.75) is 39.5 Å². The number of amides is 1. The number of benzene rings is 1. The van der Waals surface area contributed by atoms with Gasteiger partial charge in [0.15, 0.2) is 11.5 Å². The maximum atomic E-state index is 12.3. The normalized spacial score (nSPS) is 14.5. The van der Waals surface area contributed by atoms with Crippen molar-refractivity contribution in [1.82, 2.24) is 5.32 Å². The molecule has 1 saturated heterocycles. The summed E-state index contributed by atoms with van der Waals surface area (Å²) in [5.41, 5.74) is 0.720. The summed E-state index contributed by atoms with van der Waals surface area (Å²) in [7, 11) is 0. The van der Waals surface area contributed by atoms with Gasteiger partial charge in [0.25, 0.3) is 0 Å². The lowest BCUT2D eigenvalue weighted by Gasteiger charge is -2.22. The molecule has 2 rings (SSSR count). The summed E-state index contributed by atoms with van der Waals surface area (Å²) >= 11 is 3.50. The fourth-order valence-corrected chi connectivity index (χ4v) is 3.31. The van der Waals surface area contributed by atoms with E-state index in [1.54, 1.807) is 0 Å². The van der Waals surface area contributed by atoms with Gasteiger partial charge < -0.3 is 20.1 Å². The van der Waals surface area contributed by atoms with Crippen LogP contribution in [0.1, 0.15) is 39.5 Å². The topological polar surface area (TPSA) is 59.6 Å². The molecule has 0 aromatic heterocycles. The van der Waals surface area contributed by atoms with Crippen LogP contribution in [0.3, 0.4) is 0 Å². The molecule has 2 N–H and O–H groups in total. The summed E-state index contributed by atoms with van der Waals surface area (Å²) in [6.45, 7) is 7.09. The Bertz CT molecular complexity index is 551. The molecule has 142 valence electrons. The van der Waals surface area contributed by atoms with Crippen molar-refractivity contribution in [3.05, 3.63) is 16.6 Å². The van der Waals surface area contributed by atoms with E-state index in [-0.39, 0.29) is 18.3 Å². The second-order valence-corrected chi connectivity index (χ2v) is 6.78. The van der Waals surface area contributed by atoms with Crippen molar-refractivity contribution >= 4 is 39.9 Å². The van der Waals surface area contributed by atoms with Gasteiger partial charge in [-0.3, -0.25) is 4.79 Å². The van der Waals surface area contributed by atoms with Gasteiger partial charge in [-0.15, -0.1) is 12.4 Å². The molecule has 0 unspecified atom stereocenters. The minimum Gasteiger partial charge on any atom is -0.490 e. The Morgan fingerprint density at radius 3 is 2.40 bits per heavy atom. The Balaban J connectivity index is 0.00000312. The summed E-state index contributed by atoms with van der Waals surface area (Å²) in [6, 6.07) is 3.66. The molecule has 1 fully saturated rings. The summed E-state index contributed by atoms with van der Waals surface area (Å²) in [4.78, 5) is 12.3. The first kappa shape index (κ1) is 22.1. The highest BCUT2D eigenvalue weighted by atomic mass is 79.9. The van der Waals surface area contributed by atoms with E-state index < -0.39 is 0 Å². The number of halogens is 2. The molecule has 1 aromatic rings. The third-order valence-corrected chi connectivity index (χ3v) is 4.80. The summed E-state index contributed by atoms with van der Waals surface area (Å²) in [5, 5.41) is 6.33. The number of hydrogen-bond donors (Lipinski definition) is 2. The number of carbonyl (C=O) groups is 1. The molecule has 1 aliphatic heterocycles. The number of nitrogens with one attached hydrogen (secondary N) is 2. The van der Waals surface area contributed by atoms with Gasteiger partial charge >= 0.3 is 0 Å². The predicted octanol–water partition coefficient (Wildman–Crippen LogP) is 4.39. The number of carbonyl (C=O) groups excluding carboxylic acids is 1. The number of piperidine rings is 1. The lowest BCUT2D eigenvalue weighted by atomic mass is 9.93. The quantitative estimate of drug-likeness (QED) is 0.636. The third kappa shape index (κ3) is 7.04. The summed E-state index contributed by atoms with van der Waals surface area (Å²) < 4.78 is 12.0. The highest BCUT2D eigenvalue weighted by Crippen LogP contribution is 2.37. The van der Waals surface area contributed by atoms with Crippen LogP contribution in [0.4, 0.5) is 5.69 Å². The molecule has 5 nitrogen and oxygen atoms in total. The van der Waals surface area contributed by atoms with Crippen LogP contribution >= 0.6 is 28.3 Å². The highest BCUT2D eigenvalue weighted by Gasteiger charge is 2.16. The van der Waals surface area contributed by atoms with Crippen molar-refractivity contribution in [1.29, 1.82) is 0 Å². The average Bonchev–Trinajstić information content (AvgIpc) is 2.58. The molecule has 0 saturated carbocycles. The van der Waals surface area contributed by atoms with E-state index in [0.29, 0.717) is 37.1 Å². The first-order valence-corrected chi connectivity index (χ1v) is 9.53. The Kier molecular flexibility index (Phi) is 10.2. The van der Waals surface area contributed by atoms with Gasteiger partial charge in [0.2, 0.25) is 5.91 Å². The molecule has 0 bridgehead atoms. The molecular weight excluding hydrogens is 408 g/mol. The Labute approximate surface area is 164 Å². The molecule has 1 aliphatic rings. The van der Waals surface area contributed by atoms with E-state index in [0.717, 1.165) is 42.5 Å². The number of anilines is 1. The van der Waals surface area contributed by atoms with Gasteiger partial charge in [-0.05, 0) is 68.0 Å². The van der Waals surface area contributed by atoms with Gasteiger partial charge in [0, 0.05) is 23.0 Å². The number of hydrogen-bond acceptors (Lipinski definition) is 4. The van der Waals surface area contributed by atoms with Crippen LogP contribution < -0.4 is 20.1 Å². The van der Waals surface area contributed by atoms with Crippen LogP contribution in [0, 0.1) is 5.92 Å². The zero-order chi connectivity index (χ0) is 17.4. The summed E-state index contributed by atoms with van der Waals surface area (Å²) in [6.07, 6.45) is 3.82. The standard InChI is InChI=1S/C18H27BrN2O3.ClH/c1-3-23-16-11-14(19)15(12-17(16)24-4-2)21-18(22)6-5-13-7-9-20-10-8-13;/h11-13,20H,3-10H2,1-2H3,(H,21,22);1H. The fraction of sp³-hybridized carbons (Fsp3) is 0.611. The van der Waals surface area contributed by atoms with Crippen LogP contribution in [-0.2, 0) is 4.79 Å². The minimum absolute atomic E-state index is 0. The lowest BCUT2D eigenvalue weighted by Crippen LogP contribution is -2.28. The van der Waals surface area contributed by atoms with E-state index in [9.17, 15) is 4.79 Å². The van der Waals surface area contributed by atoms with Gasteiger partial charge in [-0.25, -0.2) is 0 Å². The molecule has 7 heteroatoms. The third-order valence-electron chi connectivity index (χ3n) is 4.15. The van der Waals surface area contributed by atoms with Crippen molar-refractivity contribution < 1.29 is 14.3 Å². The smallest absolute Gasteiger partial charge is 0.224 e. The largest absolute Gasteiger partial charge is 0.490 e. The Morgan fingerprint density at radius 2 is 1.80 bits per heavy atom. The highest BCUT2D eigenvalue weighted by molar-refractivity contribution is 9.10. The Hall–Kier alpha value is -0.980. The first-order chi connectivity index (χ1) is 11.6. The van der Waals surface area contributed by atoms with E-state index in [2.05, 4.69) is 26.6 Å². The minimum atomic E-state index is 0. The average molecular weight is 436 g/mol. The van der Waals surface area contributed by atoms with Crippen LogP contribution in [-0.4, -0.2) is 32.2 Å². The first-order valence-electron chi connectivity index (χ1n) is 8.73. The van der Waals surface area contributed by atoms with E-state index in [1.165, 1.54) is 0 Å². The zero-order valence-corrected chi connectivity index (χ0v) is 17.3. The second-order valence-electron chi connectivity index (χ2n) is 5.93. The zero-order valence-electron chi connectivity index (χ0n) is 14.9. The van der Waals surface area contributed by atoms with E-state index in [1.807, 2.05) is 26.0 Å². The van der Waals surface area contributed by atoms with Crippen molar-refractivity contribution in [3.63, 3.8) is 0 Å². The predicted molar refractivity (Wildman–Crippen MR) is 107 cm³/mol. The van der Waals surface area contributed by atoms with Crippen LogP contribution in [0.2, 0.25) is 0 Å². The van der Waals surface area contributed by atoms with Gasteiger partial charge in [0.1, 0.15) is 0 Å². The monoisotopic (exact) mass is 434 g/mol. The Morgan fingerprint density at radius 1 is 1.20 bits per heavy atom. The van der Waals surface area contributed by atoms with Gasteiger partial charge in [-0.1, -0.05) is 0 Å². The van der Waals surface area contributed by atoms with Crippen LogP contribution in [0.25, 0.3) is 0 Å². The molecule has 0 radical (unpaired) electrons. The van der Waals surface area contributed by atoms with Crippen molar-refractivity contribution in [3.8, 4) is 11.5 Å². The maximum Gasteiger partial charge on any atom is 0.224 e. The molecule has 0 atom stereocenters. The fourth-order valence-electron chi connectivity index (χ4n) is 2.89.